The molecule has 3 N–H and O–H groups in total. The average Bonchev–Trinajstić information content (AvgIpc) is 2.39. The van der Waals surface area contributed by atoms with Gasteiger partial charge in [-0.1, -0.05) is 43.7 Å². The largest absolute Gasteiger partial charge is 0.480 e. The standard InChI is InChI=1S/C16H23NO4/c1-10(2)8-14(18)15(19)17-13(16(20)21)9-12-6-4-11(3)5-7-12/h4-7,10,13-14,18H,8-9H2,1-3H3,(H,17,19)(H,20,21)/t13-,14-/m0/s1. The fraction of sp³-hybridized carbons (Fsp3) is 0.500. The number of aliphatic carboxylic acids is 1. The van der Waals surface area contributed by atoms with Crippen LogP contribution in [0, 0.1) is 12.8 Å². The zero-order chi connectivity index (χ0) is 16.0. The quantitative estimate of drug-likeness (QED) is 0.711. The van der Waals surface area contributed by atoms with Crippen LogP contribution in [-0.4, -0.2) is 34.2 Å². The predicted molar refractivity (Wildman–Crippen MR) is 79.9 cm³/mol. The molecule has 0 unspecified atom stereocenters. The van der Waals surface area contributed by atoms with Crippen molar-refractivity contribution in [1.82, 2.24) is 5.32 Å². The molecular formula is C16H23NO4. The molecule has 0 saturated heterocycles. The molecule has 1 amide bonds. The van der Waals surface area contributed by atoms with Gasteiger partial charge in [0.2, 0.25) is 5.91 Å². The lowest BCUT2D eigenvalue weighted by Gasteiger charge is -2.18. The van der Waals surface area contributed by atoms with Gasteiger partial charge in [-0.25, -0.2) is 4.79 Å². The SMILES string of the molecule is Cc1ccc(C[C@H](NC(=O)[C@@H](O)CC(C)C)C(=O)O)cc1. The lowest BCUT2D eigenvalue weighted by molar-refractivity contribution is -0.143. The van der Waals surface area contributed by atoms with Gasteiger partial charge in [0.1, 0.15) is 12.1 Å². The minimum absolute atomic E-state index is 0.158. The molecule has 5 heteroatoms. The van der Waals surface area contributed by atoms with Crippen molar-refractivity contribution in [2.75, 3.05) is 0 Å². The molecule has 1 aromatic carbocycles. The Morgan fingerprint density at radius 2 is 1.76 bits per heavy atom. The van der Waals surface area contributed by atoms with Crippen LogP contribution in [0.1, 0.15) is 31.4 Å². The molecule has 21 heavy (non-hydrogen) atoms. The van der Waals surface area contributed by atoms with E-state index in [4.69, 9.17) is 0 Å². The summed E-state index contributed by atoms with van der Waals surface area (Å²) < 4.78 is 0. The van der Waals surface area contributed by atoms with Crippen molar-refractivity contribution >= 4 is 11.9 Å². The van der Waals surface area contributed by atoms with E-state index in [0.29, 0.717) is 6.42 Å². The third-order valence-electron chi connectivity index (χ3n) is 3.17. The molecule has 0 aliphatic rings. The fourth-order valence-electron chi connectivity index (χ4n) is 1.98. The van der Waals surface area contributed by atoms with E-state index in [2.05, 4.69) is 5.32 Å². The average molecular weight is 293 g/mol. The van der Waals surface area contributed by atoms with Gasteiger partial charge < -0.3 is 15.5 Å². The lowest BCUT2D eigenvalue weighted by atomic mass is 10.0. The predicted octanol–water partition coefficient (Wildman–Crippen LogP) is 1.51. The molecule has 0 aliphatic heterocycles. The summed E-state index contributed by atoms with van der Waals surface area (Å²) in [5, 5.41) is 21.3. The van der Waals surface area contributed by atoms with E-state index in [1.54, 1.807) is 0 Å². The summed E-state index contributed by atoms with van der Waals surface area (Å²) in [5.41, 5.74) is 1.91. The van der Waals surface area contributed by atoms with E-state index < -0.39 is 24.0 Å². The summed E-state index contributed by atoms with van der Waals surface area (Å²) >= 11 is 0. The minimum atomic E-state index is -1.18. The Balaban J connectivity index is 2.67. The van der Waals surface area contributed by atoms with Crippen molar-refractivity contribution in [1.29, 1.82) is 0 Å². The molecular weight excluding hydrogens is 270 g/mol. The van der Waals surface area contributed by atoms with Crippen molar-refractivity contribution in [3.8, 4) is 0 Å². The number of carbonyl (C=O) groups excluding carboxylic acids is 1. The van der Waals surface area contributed by atoms with Gasteiger partial charge in [-0.3, -0.25) is 4.79 Å². The van der Waals surface area contributed by atoms with Crippen molar-refractivity contribution in [2.45, 2.75) is 45.8 Å². The highest BCUT2D eigenvalue weighted by molar-refractivity contribution is 5.86. The molecule has 0 aliphatic carbocycles. The molecule has 0 aromatic heterocycles. The zero-order valence-corrected chi connectivity index (χ0v) is 12.7. The van der Waals surface area contributed by atoms with Crippen LogP contribution in [0.4, 0.5) is 0 Å². The first kappa shape index (κ1) is 17.2. The van der Waals surface area contributed by atoms with Gasteiger partial charge in [0.25, 0.3) is 0 Å². The fourth-order valence-corrected chi connectivity index (χ4v) is 1.98. The second kappa shape index (κ2) is 7.78. The van der Waals surface area contributed by atoms with Gasteiger partial charge >= 0.3 is 5.97 Å². The van der Waals surface area contributed by atoms with Crippen LogP contribution < -0.4 is 5.32 Å². The molecule has 116 valence electrons. The van der Waals surface area contributed by atoms with Crippen molar-refractivity contribution in [3.63, 3.8) is 0 Å². The molecule has 0 radical (unpaired) electrons. The normalized spacial score (nSPS) is 13.8. The summed E-state index contributed by atoms with van der Waals surface area (Å²) in [6.45, 7) is 5.72. The second-order valence-corrected chi connectivity index (χ2v) is 5.73. The summed E-state index contributed by atoms with van der Waals surface area (Å²) in [7, 11) is 0. The first-order chi connectivity index (χ1) is 9.79. The van der Waals surface area contributed by atoms with Crippen LogP contribution in [0.3, 0.4) is 0 Å². The third-order valence-corrected chi connectivity index (χ3v) is 3.17. The van der Waals surface area contributed by atoms with Gasteiger partial charge in [-0.15, -0.1) is 0 Å². The molecule has 0 spiro atoms. The summed E-state index contributed by atoms with van der Waals surface area (Å²) in [6, 6.07) is 6.42. The zero-order valence-electron chi connectivity index (χ0n) is 12.7. The summed E-state index contributed by atoms with van der Waals surface area (Å²) in [4.78, 5) is 23.1. The van der Waals surface area contributed by atoms with Gasteiger partial charge in [-0.05, 0) is 24.8 Å². The van der Waals surface area contributed by atoms with Crippen LogP contribution in [0.5, 0.6) is 0 Å². The lowest BCUT2D eigenvalue weighted by Crippen LogP contribution is -2.46. The van der Waals surface area contributed by atoms with E-state index in [1.807, 2.05) is 45.0 Å². The van der Waals surface area contributed by atoms with Gasteiger partial charge in [0, 0.05) is 6.42 Å². The molecule has 0 bridgehead atoms. The Morgan fingerprint density at radius 1 is 1.19 bits per heavy atom. The molecule has 0 fully saturated rings. The highest BCUT2D eigenvalue weighted by atomic mass is 16.4. The maximum Gasteiger partial charge on any atom is 0.326 e. The second-order valence-electron chi connectivity index (χ2n) is 5.73. The van der Waals surface area contributed by atoms with E-state index in [1.165, 1.54) is 0 Å². The smallest absolute Gasteiger partial charge is 0.326 e. The summed E-state index contributed by atoms with van der Waals surface area (Å²) in [6.07, 6.45) is -0.678. The Bertz CT molecular complexity index is 482. The van der Waals surface area contributed by atoms with Crippen molar-refractivity contribution < 1.29 is 19.8 Å². The van der Waals surface area contributed by atoms with Crippen molar-refractivity contribution in [3.05, 3.63) is 35.4 Å². The molecule has 0 saturated carbocycles. The number of carbonyl (C=O) groups is 2. The first-order valence-electron chi connectivity index (χ1n) is 7.06. The Labute approximate surface area is 125 Å². The number of carboxylic acids is 1. The number of benzene rings is 1. The number of nitrogens with one attached hydrogen (secondary N) is 1. The first-order valence-corrected chi connectivity index (χ1v) is 7.06. The van der Waals surface area contributed by atoms with Crippen LogP contribution in [0.15, 0.2) is 24.3 Å². The number of hydrogen-bond acceptors (Lipinski definition) is 3. The van der Waals surface area contributed by atoms with Crippen LogP contribution in [0.2, 0.25) is 0 Å². The van der Waals surface area contributed by atoms with Crippen LogP contribution in [-0.2, 0) is 16.0 Å². The number of carboxylic acid groups (broad SMARTS) is 1. The maximum atomic E-state index is 11.8. The highest BCUT2D eigenvalue weighted by Crippen LogP contribution is 2.08. The van der Waals surface area contributed by atoms with E-state index in [0.717, 1.165) is 11.1 Å². The molecule has 2 atom stereocenters. The topological polar surface area (TPSA) is 86.6 Å². The molecule has 1 aromatic rings. The number of aryl methyl sites for hydroxylation is 1. The number of aliphatic hydroxyl groups excluding tert-OH is 1. The van der Waals surface area contributed by atoms with E-state index in [9.17, 15) is 19.8 Å². The highest BCUT2D eigenvalue weighted by Gasteiger charge is 2.24. The summed E-state index contributed by atoms with van der Waals surface area (Å²) in [5.74, 6) is -1.59. The Hall–Kier alpha value is -1.88. The van der Waals surface area contributed by atoms with Gasteiger partial charge in [0.05, 0.1) is 0 Å². The Morgan fingerprint density at radius 3 is 2.24 bits per heavy atom. The Kier molecular flexibility index (Phi) is 6.37. The maximum absolute atomic E-state index is 11.8. The van der Waals surface area contributed by atoms with E-state index in [-0.39, 0.29) is 12.3 Å². The number of aliphatic hydroxyl groups is 1. The van der Waals surface area contributed by atoms with Gasteiger partial charge in [0.15, 0.2) is 0 Å². The van der Waals surface area contributed by atoms with E-state index >= 15 is 0 Å². The van der Waals surface area contributed by atoms with Crippen LogP contribution in [0.25, 0.3) is 0 Å². The third kappa shape index (κ3) is 5.95. The molecule has 1 rings (SSSR count). The monoisotopic (exact) mass is 293 g/mol. The van der Waals surface area contributed by atoms with Crippen LogP contribution >= 0.6 is 0 Å². The molecule has 0 heterocycles. The molecule has 5 nitrogen and oxygen atoms in total. The minimum Gasteiger partial charge on any atom is -0.480 e. The number of amides is 1. The van der Waals surface area contributed by atoms with Crippen molar-refractivity contribution in [2.24, 2.45) is 5.92 Å². The van der Waals surface area contributed by atoms with Gasteiger partial charge in [-0.2, -0.15) is 0 Å². The number of rotatable bonds is 7. The number of hydrogen-bond donors (Lipinski definition) is 3.